The van der Waals surface area contributed by atoms with Crippen LogP contribution in [0.25, 0.3) is 6.08 Å². The summed E-state index contributed by atoms with van der Waals surface area (Å²) in [7, 11) is 0. The number of benzene rings is 3. The van der Waals surface area contributed by atoms with Crippen molar-refractivity contribution in [2.24, 2.45) is 0 Å². The summed E-state index contributed by atoms with van der Waals surface area (Å²) < 4.78 is 22.8. The molecule has 1 fully saturated rings. The largest absolute Gasteiger partial charge is 0.491 e. The summed E-state index contributed by atoms with van der Waals surface area (Å²) in [6, 6.07) is 19.0. The summed E-state index contributed by atoms with van der Waals surface area (Å²) >= 11 is 0. The van der Waals surface area contributed by atoms with E-state index < -0.39 is 17.8 Å². The zero-order valence-electron chi connectivity index (χ0n) is 22.8. The Morgan fingerprint density at radius 2 is 1.52 bits per heavy atom. The summed E-state index contributed by atoms with van der Waals surface area (Å²) in [6.07, 6.45) is 1.43. The third-order valence-corrected chi connectivity index (χ3v) is 5.94. The van der Waals surface area contributed by atoms with Gasteiger partial charge < -0.3 is 18.9 Å². The Morgan fingerprint density at radius 3 is 2.25 bits per heavy atom. The Balaban J connectivity index is 1.37. The minimum absolute atomic E-state index is 0.168. The van der Waals surface area contributed by atoms with Crippen LogP contribution in [0.3, 0.4) is 0 Å². The molecule has 1 N–H and O–H groups in total. The fourth-order valence-electron chi connectivity index (χ4n) is 3.99. The Hall–Kier alpha value is -4.63. The van der Waals surface area contributed by atoms with Crippen LogP contribution in [0.1, 0.15) is 23.6 Å². The predicted octanol–water partition coefficient (Wildman–Crippen LogP) is 4.84. The molecule has 0 spiro atoms. The van der Waals surface area contributed by atoms with Crippen molar-refractivity contribution in [3.63, 3.8) is 0 Å². The van der Waals surface area contributed by atoms with Crippen LogP contribution in [0.4, 0.5) is 10.5 Å². The summed E-state index contributed by atoms with van der Waals surface area (Å²) in [5.41, 5.74) is 2.80. The number of carbonyl (C=O) groups excluding carboxylic acids is 3. The molecule has 1 aliphatic rings. The van der Waals surface area contributed by atoms with Crippen LogP contribution >= 0.6 is 0 Å². The maximum Gasteiger partial charge on any atom is 0.335 e. The maximum atomic E-state index is 13.2. The Kier molecular flexibility index (Phi) is 9.53. The van der Waals surface area contributed by atoms with Gasteiger partial charge in [0, 0.05) is 0 Å². The van der Waals surface area contributed by atoms with Crippen molar-refractivity contribution in [1.82, 2.24) is 5.32 Å². The van der Waals surface area contributed by atoms with Gasteiger partial charge in [-0.3, -0.25) is 14.9 Å². The van der Waals surface area contributed by atoms with Crippen molar-refractivity contribution in [2.45, 2.75) is 20.8 Å². The topological polar surface area (TPSA) is 103 Å². The molecule has 9 heteroatoms. The van der Waals surface area contributed by atoms with E-state index >= 15 is 0 Å². The minimum Gasteiger partial charge on any atom is -0.491 e. The van der Waals surface area contributed by atoms with E-state index in [2.05, 4.69) is 5.32 Å². The normalized spacial score (nSPS) is 14.3. The van der Waals surface area contributed by atoms with E-state index in [4.69, 9.17) is 18.9 Å². The van der Waals surface area contributed by atoms with Gasteiger partial charge in [0.25, 0.3) is 11.8 Å². The molecule has 208 valence electrons. The second-order valence-electron chi connectivity index (χ2n) is 9.06. The van der Waals surface area contributed by atoms with E-state index in [1.54, 1.807) is 36.4 Å². The number of hydrogen-bond donors (Lipinski definition) is 1. The van der Waals surface area contributed by atoms with E-state index in [1.165, 1.54) is 11.6 Å². The van der Waals surface area contributed by atoms with Crippen molar-refractivity contribution in [3.8, 4) is 17.2 Å². The summed E-state index contributed by atoms with van der Waals surface area (Å²) in [5, 5.41) is 2.24. The van der Waals surface area contributed by atoms with Gasteiger partial charge in [0.15, 0.2) is 11.5 Å². The Labute approximate surface area is 233 Å². The van der Waals surface area contributed by atoms with Gasteiger partial charge in [-0.2, -0.15) is 0 Å². The fraction of sp³-hybridized carbons (Fsp3) is 0.258. The minimum atomic E-state index is -0.791. The molecule has 0 aromatic heterocycles. The summed E-state index contributed by atoms with van der Waals surface area (Å²) in [5.74, 6) is 0.278. The van der Waals surface area contributed by atoms with Crippen LogP contribution in [0.2, 0.25) is 0 Å². The van der Waals surface area contributed by atoms with Crippen LogP contribution in [-0.2, 0) is 14.3 Å². The zero-order valence-corrected chi connectivity index (χ0v) is 22.8. The van der Waals surface area contributed by atoms with Gasteiger partial charge in [0.2, 0.25) is 0 Å². The molecule has 0 radical (unpaired) electrons. The number of carbonyl (C=O) groups is 3. The molecule has 1 heterocycles. The first-order valence-corrected chi connectivity index (χ1v) is 13.0. The lowest BCUT2D eigenvalue weighted by Gasteiger charge is -2.26. The number of anilines is 1. The number of barbiturate groups is 1. The van der Waals surface area contributed by atoms with Crippen molar-refractivity contribution in [3.05, 3.63) is 89.0 Å². The first-order chi connectivity index (χ1) is 19.4. The molecule has 0 aliphatic carbocycles. The SMILES string of the molecule is CCOc1cc(/C=C2/C(=O)NC(=O)N(c3cccc(C)c3)C2=O)ccc1OCCOCCOc1ccc(C)cc1. The molecule has 0 atom stereocenters. The van der Waals surface area contributed by atoms with Gasteiger partial charge in [-0.25, -0.2) is 9.69 Å². The van der Waals surface area contributed by atoms with Crippen molar-refractivity contribution in [1.29, 1.82) is 0 Å². The highest BCUT2D eigenvalue weighted by molar-refractivity contribution is 6.39. The summed E-state index contributed by atoms with van der Waals surface area (Å²) in [4.78, 5) is 39.2. The molecule has 40 heavy (non-hydrogen) atoms. The third kappa shape index (κ3) is 7.27. The van der Waals surface area contributed by atoms with E-state index in [9.17, 15) is 14.4 Å². The molecule has 4 rings (SSSR count). The van der Waals surface area contributed by atoms with E-state index in [0.717, 1.165) is 16.2 Å². The van der Waals surface area contributed by atoms with Gasteiger partial charge >= 0.3 is 6.03 Å². The predicted molar refractivity (Wildman–Crippen MR) is 151 cm³/mol. The maximum absolute atomic E-state index is 13.2. The number of urea groups is 1. The molecule has 3 aromatic carbocycles. The van der Waals surface area contributed by atoms with Crippen LogP contribution in [0, 0.1) is 13.8 Å². The third-order valence-electron chi connectivity index (χ3n) is 5.94. The molecule has 3 aromatic rings. The first-order valence-electron chi connectivity index (χ1n) is 13.0. The van der Waals surface area contributed by atoms with Gasteiger partial charge in [0.05, 0.1) is 25.5 Å². The number of imide groups is 2. The molecule has 9 nitrogen and oxygen atoms in total. The second-order valence-corrected chi connectivity index (χ2v) is 9.06. The van der Waals surface area contributed by atoms with Crippen LogP contribution < -0.4 is 24.4 Å². The number of nitrogens with zero attached hydrogens (tertiary/aromatic N) is 1. The van der Waals surface area contributed by atoms with E-state index in [0.29, 0.717) is 55.8 Å². The summed E-state index contributed by atoms with van der Waals surface area (Å²) in [6.45, 7) is 7.59. The highest BCUT2D eigenvalue weighted by Gasteiger charge is 2.36. The molecular formula is C31H32N2O7. The average Bonchev–Trinajstić information content (AvgIpc) is 2.92. The number of amides is 4. The highest BCUT2D eigenvalue weighted by atomic mass is 16.6. The van der Waals surface area contributed by atoms with Gasteiger partial charge in [-0.1, -0.05) is 35.9 Å². The smallest absolute Gasteiger partial charge is 0.335 e. The monoisotopic (exact) mass is 544 g/mol. The molecule has 0 bridgehead atoms. The number of ether oxygens (including phenoxy) is 4. The highest BCUT2D eigenvalue weighted by Crippen LogP contribution is 2.30. The van der Waals surface area contributed by atoms with E-state index in [1.807, 2.05) is 51.1 Å². The molecule has 4 amide bonds. The molecule has 0 unspecified atom stereocenters. The molecule has 1 aliphatic heterocycles. The number of hydrogen-bond acceptors (Lipinski definition) is 7. The lowest BCUT2D eigenvalue weighted by Crippen LogP contribution is -2.54. The molecule has 1 saturated heterocycles. The Morgan fingerprint density at radius 1 is 0.775 bits per heavy atom. The number of rotatable bonds is 12. The van der Waals surface area contributed by atoms with E-state index in [-0.39, 0.29) is 5.57 Å². The second kappa shape index (κ2) is 13.4. The average molecular weight is 545 g/mol. The van der Waals surface area contributed by atoms with Crippen molar-refractivity contribution in [2.75, 3.05) is 37.9 Å². The lowest BCUT2D eigenvalue weighted by atomic mass is 10.1. The Bertz CT molecular complexity index is 1400. The molecule has 0 saturated carbocycles. The van der Waals surface area contributed by atoms with Crippen molar-refractivity contribution < 1.29 is 33.3 Å². The first kappa shape index (κ1) is 28.4. The van der Waals surface area contributed by atoms with Crippen LogP contribution in [0.15, 0.2) is 72.3 Å². The zero-order chi connectivity index (χ0) is 28.5. The lowest BCUT2D eigenvalue weighted by molar-refractivity contribution is -0.122. The quantitative estimate of drug-likeness (QED) is 0.198. The number of nitrogens with one attached hydrogen (secondary N) is 1. The fourth-order valence-corrected chi connectivity index (χ4v) is 3.99. The van der Waals surface area contributed by atoms with Gasteiger partial charge in [-0.05, 0) is 74.4 Å². The van der Waals surface area contributed by atoms with Gasteiger partial charge in [-0.15, -0.1) is 0 Å². The van der Waals surface area contributed by atoms with Crippen LogP contribution in [-0.4, -0.2) is 50.9 Å². The van der Waals surface area contributed by atoms with Crippen LogP contribution in [0.5, 0.6) is 17.2 Å². The molecular weight excluding hydrogens is 512 g/mol. The number of aryl methyl sites for hydroxylation is 2. The standard InChI is InChI=1S/C31H32N2O7/c1-4-38-28-20-23(10-13-27(28)40-17-15-37-14-16-39-25-11-8-21(2)9-12-25)19-26-29(34)32-31(36)33(30(26)35)24-7-5-6-22(3)18-24/h5-13,18-20H,4,14-17H2,1-3H3,(H,32,34,36)/b26-19-. The van der Waals surface area contributed by atoms with Gasteiger partial charge in [0.1, 0.15) is 24.5 Å². The van der Waals surface area contributed by atoms with Crippen molar-refractivity contribution >= 4 is 29.6 Å².